The van der Waals surface area contributed by atoms with Crippen LogP contribution in [0.4, 0.5) is 0 Å². The van der Waals surface area contributed by atoms with Crippen molar-refractivity contribution in [2.24, 2.45) is 37.9 Å². The Labute approximate surface area is 862 Å². The molecule has 3 saturated heterocycles. The van der Waals surface area contributed by atoms with Gasteiger partial charge in [0, 0.05) is 190 Å². The van der Waals surface area contributed by atoms with E-state index in [1.54, 1.807) is 30.3 Å². The highest BCUT2D eigenvalue weighted by molar-refractivity contribution is 5.97. The molecule has 0 radical (unpaired) electrons. The van der Waals surface area contributed by atoms with E-state index in [0.29, 0.717) is 117 Å². The van der Waals surface area contributed by atoms with Crippen LogP contribution in [0.2, 0.25) is 0 Å². The van der Waals surface area contributed by atoms with Gasteiger partial charge >= 0.3 is 0 Å². The number of likely N-dealkylation sites (N-methyl/N-ethyl adjacent to an activating group) is 2. The second-order valence-electron chi connectivity index (χ2n) is 45.0. The number of benzene rings is 6. The molecule has 3 aliphatic rings. The summed E-state index contributed by atoms with van der Waals surface area (Å²) in [6.45, 7) is 62.2. The Hall–Kier alpha value is -11.3. The predicted molar refractivity (Wildman–Crippen MR) is 579 cm³/mol. The number of amides is 12. The molecule has 3 fully saturated rings. The van der Waals surface area contributed by atoms with E-state index < -0.39 is 32.5 Å². The third-order valence-electron chi connectivity index (χ3n) is 23.6. The Morgan fingerprint density at radius 3 is 0.729 bits per heavy atom. The van der Waals surface area contributed by atoms with Crippen LogP contribution in [0.3, 0.4) is 0 Å². The largest absolute Gasteiger partial charge is 0.379 e. The van der Waals surface area contributed by atoms with Crippen LogP contribution >= 0.6 is 0 Å². The molecule has 0 unspecified atom stereocenters. The molecular formula is C114H179N17O13. The van der Waals surface area contributed by atoms with Gasteiger partial charge in [0.25, 0.3) is 35.4 Å². The molecule has 9 rings (SSSR count). The molecule has 0 aromatic heterocycles. The quantitative estimate of drug-likeness (QED) is 0.0160. The van der Waals surface area contributed by atoms with Gasteiger partial charge in [-0.1, -0.05) is 238 Å². The number of nitrogens with one attached hydrogen (secondary N) is 12. The average Bonchev–Trinajstić information content (AvgIpc) is 0.914. The molecule has 0 spiro atoms. The molecule has 144 heavy (non-hydrogen) atoms. The zero-order valence-electron chi connectivity index (χ0n) is 91.9. The number of carbonyl (C=O) groups is 12. The zero-order valence-corrected chi connectivity index (χ0v) is 91.9. The summed E-state index contributed by atoms with van der Waals surface area (Å²) in [6.07, 6.45) is 9.62. The van der Waals surface area contributed by atoms with Crippen molar-refractivity contribution in [1.29, 1.82) is 0 Å². The minimum Gasteiger partial charge on any atom is -0.379 e. The number of hydrogen-bond donors (Lipinski definition) is 12. The molecule has 798 valence electrons. The van der Waals surface area contributed by atoms with Gasteiger partial charge in [-0.2, -0.15) is 0 Å². The molecule has 12 amide bonds. The van der Waals surface area contributed by atoms with Crippen LogP contribution < -0.4 is 63.8 Å². The zero-order chi connectivity index (χ0) is 107. The molecule has 12 N–H and O–H groups in total. The van der Waals surface area contributed by atoms with Gasteiger partial charge in [-0.3, -0.25) is 62.4 Å². The van der Waals surface area contributed by atoms with E-state index in [-0.39, 0.29) is 70.9 Å². The van der Waals surface area contributed by atoms with E-state index >= 15 is 0 Å². The van der Waals surface area contributed by atoms with Crippen molar-refractivity contribution in [3.63, 3.8) is 0 Å². The molecule has 0 saturated carbocycles. The van der Waals surface area contributed by atoms with Crippen molar-refractivity contribution in [2.75, 3.05) is 152 Å². The Bertz CT molecular complexity index is 4860. The molecule has 6 aromatic rings. The second-order valence-corrected chi connectivity index (χ2v) is 45.0. The first-order chi connectivity index (χ1) is 67.5. The summed E-state index contributed by atoms with van der Waals surface area (Å²) in [5.74, 6) is -0.440. The lowest BCUT2D eigenvalue weighted by Crippen LogP contribution is -2.41. The number of rotatable bonds is 38. The molecule has 0 bridgehead atoms. The van der Waals surface area contributed by atoms with Gasteiger partial charge in [0.2, 0.25) is 35.4 Å². The van der Waals surface area contributed by atoms with Crippen LogP contribution in [-0.2, 0) is 72.8 Å². The van der Waals surface area contributed by atoms with Gasteiger partial charge in [0.05, 0.1) is 13.2 Å². The first-order valence-corrected chi connectivity index (χ1v) is 51.5. The Kier molecular flexibility index (Phi) is 54.9. The summed E-state index contributed by atoms with van der Waals surface area (Å²) >= 11 is 0. The number of morpholine rings is 1. The summed E-state index contributed by atoms with van der Waals surface area (Å²) in [7, 11) is 5.94. The maximum absolute atomic E-state index is 12.3. The van der Waals surface area contributed by atoms with Crippen molar-refractivity contribution in [2.45, 2.75) is 243 Å². The van der Waals surface area contributed by atoms with Gasteiger partial charge in [0.15, 0.2) is 0 Å². The van der Waals surface area contributed by atoms with E-state index in [1.165, 1.54) is 32.1 Å². The van der Waals surface area contributed by atoms with Crippen molar-refractivity contribution in [3.8, 4) is 0 Å². The lowest BCUT2D eigenvalue weighted by Gasteiger charge is -2.26. The van der Waals surface area contributed by atoms with Crippen LogP contribution in [0.1, 0.15) is 299 Å². The summed E-state index contributed by atoms with van der Waals surface area (Å²) in [5.41, 5.74) is 7.15. The molecule has 0 atom stereocenters. The average molecular weight is 2000 g/mol. The fourth-order valence-electron chi connectivity index (χ4n) is 14.1. The first kappa shape index (κ1) is 125. The summed E-state index contributed by atoms with van der Waals surface area (Å²) in [5, 5.41) is 35.1. The number of unbranched alkanes of at least 4 members (excludes halogenated alkanes) is 1. The number of hydrogen-bond acceptors (Lipinski definition) is 18. The number of carbonyl (C=O) groups excluding carboxylic acids is 12. The Balaban J connectivity index is 0.000000360. The van der Waals surface area contributed by atoms with Crippen molar-refractivity contribution >= 4 is 70.9 Å². The standard InChI is InChI=1S/C21H34N2O2.C20H31N3O2.C19H29N3O3.C19H29N3O2.C18H29N3O2.C17H27N3O2/c1-20(2,3)12-7-8-13-22-18(24)17-11-9-10-16(14-17)15-23-19(25)21(4,5)6;1-20(2,3)19(25)22-15-16-8-7-9-17(14-16)18(24)21-10-13-23-11-5-4-6-12-23;1-19(2,3)18(24)21-14-15-5-4-6-16(13-15)17(23)20-7-8-22-9-11-25-12-10-22;1-19(2,3)18(24)21-14-15-7-6-8-16(13-15)17(23)20-9-12-22-10-4-5-11-22;1-6-21(5)11-10-19-16(22)15-9-7-8-14(12-15)13-20-17(23)18(2,3)4;1-17(2,3)16(22)19-12-13-7-6-8-14(11-13)15(21)18-9-10-20(4)5/h9-11,14H,7-8,12-13,15H2,1-6H3,(H,22,24)(H,23,25);7-9,14H,4-6,10-13,15H2,1-3H3,(H,21,24)(H,22,25);4-6,13H,7-12,14H2,1-3H3,(H,20,23)(H,21,24);6-8,13H,4-5,9-12,14H2,1-3H3,(H,20,23)(H,21,24);7-9,12H,6,10-11,13H2,1-5H3,(H,19,22)(H,20,23);6-8,11H,9-10,12H2,1-5H3,(H,18,21)(H,19,22). The topological polar surface area (TPSA) is 375 Å². The van der Waals surface area contributed by atoms with Crippen molar-refractivity contribution < 1.29 is 62.3 Å². The third-order valence-corrected chi connectivity index (χ3v) is 23.6. The molecule has 30 heteroatoms. The maximum atomic E-state index is 12.3. The molecule has 3 heterocycles. The van der Waals surface area contributed by atoms with Gasteiger partial charge < -0.3 is 88.1 Å². The van der Waals surface area contributed by atoms with Gasteiger partial charge in [-0.25, -0.2) is 0 Å². The fraction of sp³-hybridized carbons (Fsp3) is 0.579. The SMILES string of the molecule is CC(C)(C)C(=O)NCc1cccc(C(=O)NCCN2CCCC2)c1.CC(C)(C)C(=O)NCc1cccc(C(=O)NCCN2CCCCC2)c1.CC(C)(C)C(=O)NCc1cccc(C(=O)NCCN2CCOCC2)c1.CC(C)(C)CCCCNC(=O)c1cccc(CNC(=O)C(C)(C)C)c1.CCN(C)CCNC(=O)c1cccc(CNC(=O)C(C)(C)C)c1.CN(C)CCNC(=O)c1cccc(CNC(=O)C(C)(C)C)c1. The maximum Gasteiger partial charge on any atom is 0.251 e. The highest BCUT2D eigenvalue weighted by Crippen LogP contribution is 2.24. The number of ether oxygens (including phenoxy) is 1. The smallest absolute Gasteiger partial charge is 0.251 e. The lowest BCUT2D eigenvalue weighted by atomic mass is 9.90. The summed E-state index contributed by atoms with van der Waals surface area (Å²) in [6, 6.07) is 44.3. The van der Waals surface area contributed by atoms with Crippen molar-refractivity contribution in [1.82, 2.24) is 88.3 Å². The number of likely N-dealkylation sites (tertiary alicyclic amines) is 2. The molecule has 3 aliphatic heterocycles. The van der Waals surface area contributed by atoms with E-state index in [0.717, 1.165) is 144 Å². The highest BCUT2D eigenvalue weighted by atomic mass is 16.5. The summed E-state index contributed by atoms with van der Waals surface area (Å²) < 4.78 is 5.31. The van der Waals surface area contributed by atoms with Gasteiger partial charge in [-0.05, 0) is 204 Å². The van der Waals surface area contributed by atoms with Crippen LogP contribution in [0.5, 0.6) is 0 Å². The predicted octanol–water partition coefficient (Wildman–Crippen LogP) is 14.1. The number of nitrogens with zero attached hydrogens (tertiary/aromatic N) is 5. The van der Waals surface area contributed by atoms with Gasteiger partial charge in [-0.15, -0.1) is 0 Å². The lowest BCUT2D eigenvalue weighted by molar-refractivity contribution is -0.129. The molecular weight excluding hydrogens is 1820 g/mol. The Morgan fingerprint density at radius 2 is 0.500 bits per heavy atom. The second kappa shape index (κ2) is 63.2. The normalized spacial score (nSPS) is 13.6. The molecule has 0 aliphatic carbocycles. The summed E-state index contributed by atoms with van der Waals surface area (Å²) in [4.78, 5) is 156. The minimum absolute atomic E-state index is 0.00111. The first-order valence-electron chi connectivity index (χ1n) is 51.5. The monoisotopic (exact) mass is 1990 g/mol. The van der Waals surface area contributed by atoms with E-state index in [1.807, 2.05) is 266 Å². The van der Waals surface area contributed by atoms with E-state index in [9.17, 15) is 57.5 Å². The third kappa shape index (κ3) is 53.5. The van der Waals surface area contributed by atoms with Crippen LogP contribution in [0.15, 0.2) is 146 Å². The minimum atomic E-state index is -0.422. The van der Waals surface area contributed by atoms with Gasteiger partial charge in [0.1, 0.15) is 0 Å². The highest BCUT2D eigenvalue weighted by Gasteiger charge is 2.28. The van der Waals surface area contributed by atoms with Crippen LogP contribution in [0, 0.1) is 37.9 Å². The number of piperidine rings is 1. The Morgan fingerprint density at radius 1 is 0.278 bits per heavy atom. The van der Waals surface area contributed by atoms with E-state index in [2.05, 4.69) is 111 Å². The van der Waals surface area contributed by atoms with Crippen LogP contribution in [-0.4, -0.2) is 248 Å². The molecule has 6 aromatic carbocycles. The molecule has 30 nitrogen and oxygen atoms in total. The van der Waals surface area contributed by atoms with Crippen molar-refractivity contribution in [3.05, 3.63) is 212 Å². The van der Waals surface area contributed by atoms with E-state index in [4.69, 9.17) is 4.74 Å². The fourth-order valence-corrected chi connectivity index (χ4v) is 14.1. The van der Waals surface area contributed by atoms with Crippen LogP contribution in [0.25, 0.3) is 0 Å².